The van der Waals surface area contributed by atoms with Crippen molar-refractivity contribution in [1.82, 2.24) is 10.6 Å². The third kappa shape index (κ3) is 5.72. The molecular weight excluding hydrogens is 276 g/mol. The first-order chi connectivity index (χ1) is 9.91. The number of aryl methyl sites for hydroxylation is 1. The summed E-state index contributed by atoms with van der Waals surface area (Å²) in [4.78, 5) is 33.7. The number of carboxylic acids is 1. The Hall–Kier alpha value is -2.25. The van der Waals surface area contributed by atoms with E-state index in [-0.39, 0.29) is 11.6 Å². The summed E-state index contributed by atoms with van der Waals surface area (Å²) in [5.74, 6) is -2.85. The molecule has 0 bridgehead atoms. The van der Waals surface area contributed by atoms with Crippen LogP contribution in [-0.2, 0) is 20.8 Å². The van der Waals surface area contributed by atoms with Crippen molar-refractivity contribution in [3.05, 3.63) is 35.9 Å². The number of Topliss-reactive ketones (excluding diaryl/α,β-unsaturated/α-hetero) is 1. The Labute approximate surface area is 122 Å². The maximum atomic E-state index is 11.8. The molecule has 1 atom stereocenters. The number of benzene rings is 1. The summed E-state index contributed by atoms with van der Waals surface area (Å²) in [6.07, 6.45) is 1.17. The van der Waals surface area contributed by atoms with Crippen LogP contribution < -0.4 is 5.43 Å². The molecule has 0 aromatic heterocycles. The Bertz CT molecular complexity index is 503. The summed E-state index contributed by atoms with van der Waals surface area (Å²) in [6, 6.07) is 7.85. The molecule has 0 aliphatic heterocycles. The van der Waals surface area contributed by atoms with Gasteiger partial charge in [-0.1, -0.05) is 30.3 Å². The number of rotatable bonds is 8. The van der Waals surface area contributed by atoms with Crippen LogP contribution in [0, 0.1) is 0 Å². The second-order valence-electron chi connectivity index (χ2n) is 4.54. The summed E-state index contributed by atoms with van der Waals surface area (Å²) < 4.78 is 0. The SMILES string of the molecule is CC(=O)N(O)NC(C(=O)O)C(=O)CCCc1ccccc1. The monoisotopic (exact) mass is 294 g/mol. The third-order valence-electron chi connectivity index (χ3n) is 2.85. The van der Waals surface area contributed by atoms with Crippen LogP contribution in [0.4, 0.5) is 0 Å². The fourth-order valence-electron chi connectivity index (χ4n) is 1.73. The number of ketones is 1. The summed E-state index contributed by atoms with van der Waals surface area (Å²) in [5.41, 5.74) is 3.01. The highest BCUT2D eigenvalue weighted by Gasteiger charge is 2.28. The van der Waals surface area contributed by atoms with Gasteiger partial charge in [0.05, 0.1) is 0 Å². The molecule has 21 heavy (non-hydrogen) atoms. The van der Waals surface area contributed by atoms with Gasteiger partial charge in [-0.05, 0) is 18.4 Å². The van der Waals surface area contributed by atoms with Gasteiger partial charge in [0.1, 0.15) is 0 Å². The number of carbonyl (C=O) groups is 3. The van der Waals surface area contributed by atoms with Crippen molar-refractivity contribution in [3.8, 4) is 0 Å². The molecule has 0 fully saturated rings. The molecule has 0 aliphatic carbocycles. The van der Waals surface area contributed by atoms with Crippen LogP contribution >= 0.6 is 0 Å². The molecule has 0 saturated carbocycles. The number of carbonyl (C=O) groups excluding carboxylic acids is 2. The van der Waals surface area contributed by atoms with E-state index < -0.39 is 23.7 Å². The Morgan fingerprint density at radius 2 is 1.86 bits per heavy atom. The van der Waals surface area contributed by atoms with Gasteiger partial charge in [0.25, 0.3) is 5.91 Å². The van der Waals surface area contributed by atoms with Gasteiger partial charge in [0.15, 0.2) is 11.8 Å². The average molecular weight is 294 g/mol. The molecule has 0 saturated heterocycles. The van der Waals surface area contributed by atoms with E-state index >= 15 is 0 Å². The number of nitrogens with zero attached hydrogens (tertiary/aromatic N) is 1. The second kappa shape index (κ2) is 8.13. The minimum atomic E-state index is -1.64. The lowest BCUT2D eigenvalue weighted by molar-refractivity contribution is -0.184. The van der Waals surface area contributed by atoms with Crippen molar-refractivity contribution < 1.29 is 24.7 Å². The highest BCUT2D eigenvalue weighted by Crippen LogP contribution is 2.06. The second-order valence-corrected chi connectivity index (χ2v) is 4.54. The Morgan fingerprint density at radius 1 is 1.24 bits per heavy atom. The highest BCUT2D eigenvalue weighted by molar-refractivity contribution is 6.02. The molecule has 0 spiro atoms. The number of nitrogens with one attached hydrogen (secondary N) is 1. The first-order valence-corrected chi connectivity index (χ1v) is 6.47. The topological polar surface area (TPSA) is 107 Å². The lowest BCUT2D eigenvalue weighted by Crippen LogP contribution is -2.52. The molecule has 0 aliphatic rings. The van der Waals surface area contributed by atoms with Crippen LogP contribution in [-0.4, -0.2) is 39.2 Å². The maximum absolute atomic E-state index is 11.8. The molecule has 3 N–H and O–H groups in total. The van der Waals surface area contributed by atoms with Crippen molar-refractivity contribution >= 4 is 17.7 Å². The van der Waals surface area contributed by atoms with Gasteiger partial charge in [-0.2, -0.15) is 5.43 Å². The normalized spacial score (nSPS) is 11.7. The van der Waals surface area contributed by atoms with Gasteiger partial charge in [-0.25, -0.2) is 4.79 Å². The van der Waals surface area contributed by atoms with E-state index in [1.807, 2.05) is 35.8 Å². The zero-order chi connectivity index (χ0) is 15.8. The van der Waals surface area contributed by atoms with Gasteiger partial charge >= 0.3 is 5.97 Å². The van der Waals surface area contributed by atoms with E-state index in [0.29, 0.717) is 12.8 Å². The van der Waals surface area contributed by atoms with E-state index in [0.717, 1.165) is 12.5 Å². The lowest BCUT2D eigenvalue weighted by atomic mass is 10.0. The van der Waals surface area contributed by atoms with E-state index in [9.17, 15) is 14.4 Å². The number of hydrogen-bond donors (Lipinski definition) is 3. The zero-order valence-electron chi connectivity index (χ0n) is 11.7. The predicted molar refractivity (Wildman–Crippen MR) is 73.3 cm³/mol. The Balaban J connectivity index is 2.50. The molecule has 7 nitrogen and oxygen atoms in total. The first kappa shape index (κ1) is 16.8. The number of amides is 1. The third-order valence-corrected chi connectivity index (χ3v) is 2.85. The van der Waals surface area contributed by atoms with Crippen LogP contribution in [0.5, 0.6) is 0 Å². The largest absolute Gasteiger partial charge is 0.480 e. The molecule has 1 unspecified atom stereocenters. The fraction of sp³-hybridized carbons (Fsp3) is 0.357. The number of aliphatic carboxylic acids is 1. The number of carboxylic acid groups (broad SMARTS) is 1. The summed E-state index contributed by atoms with van der Waals surface area (Å²) in [6.45, 7) is 1.03. The Morgan fingerprint density at radius 3 is 2.38 bits per heavy atom. The van der Waals surface area contributed by atoms with Crippen LogP contribution in [0.2, 0.25) is 0 Å². The predicted octanol–water partition coefficient (Wildman–Crippen LogP) is 0.774. The lowest BCUT2D eigenvalue weighted by Gasteiger charge is -2.19. The Kier molecular flexibility index (Phi) is 6.51. The van der Waals surface area contributed by atoms with Crippen LogP contribution in [0.15, 0.2) is 30.3 Å². The molecule has 1 aromatic carbocycles. The smallest absolute Gasteiger partial charge is 0.330 e. The number of hydrazine groups is 1. The van der Waals surface area contributed by atoms with Gasteiger partial charge in [0.2, 0.25) is 0 Å². The van der Waals surface area contributed by atoms with E-state index in [1.54, 1.807) is 0 Å². The highest BCUT2D eigenvalue weighted by atomic mass is 16.6. The van der Waals surface area contributed by atoms with Crippen LogP contribution in [0.25, 0.3) is 0 Å². The maximum Gasteiger partial charge on any atom is 0.330 e. The van der Waals surface area contributed by atoms with Crippen LogP contribution in [0.1, 0.15) is 25.3 Å². The summed E-state index contributed by atoms with van der Waals surface area (Å²) >= 11 is 0. The average Bonchev–Trinajstić information content (AvgIpc) is 2.44. The number of hydrogen-bond acceptors (Lipinski definition) is 5. The van der Waals surface area contributed by atoms with Gasteiger partial charge in [0, 0.05) is 13.3 Å². The van der Waals surface area contributed by atoms with E-state index in [4.69, 9.17) is 10.3 Å². The molecule has 7 heteroatoms. The van der Waals surface area contributed by atoms with Crippen molar-refractivity contribution in [2.24, 2.45) is 0 Å². The molecule has 1 rings (SSSR count). The van der Waals surface area contributed by atoms with Gasteiger partial charge in [-0.3, -0.25) is 14.8 Å². The molecule has 114 valence electrons. The number of hydroxylamine groups is 1. The molecule has 1 aromatic rings. The van der Waals surface area contributed by atoms with E-state index in [2.05, 4.69) is 0 Å². The van der Waals surface area contributed by atoms with Gasteiger partial charge < -0.3 is 5.11 Å². The minimum absolute atomic E-state index is 0.00782. The van der Waals surface area contributed by atoms with Crippen molar-refractivity contribution in [2.45, 2.75) is 32.2 Å². The van der Waals surface area contributed by atoms with Gasteiger partial charge in [-0.15, -0.1) is 5.17 Å². The summed E-state index contributed by atoms with van der Waals surface area (Å²) in [7, 11) is 0. The van der Waals surface area contributed by atoms with Crippen molar-refractivity contribution in [1.29, 1.82) is 0 Å². The molecule has 1 amide bonds. The summed E-state index contributed by atoms with van der Waals surface area (Å²) in [5, 5.41) is 18.1. The first-order valence-electron chi connectivity index (χ1n) is 6.47. The standard InChI is InChI=1S/C14H18N2O5/c1-10(17)16(21)15-13(14(19)20)12(18)9-5-8-11-6-3-2-4-7-11/h2-4,6-7,13,15,21H,5,8-9H2,1H3,(H,19,20). The van der Waals surface area contributed by atoms with Crippen molar-refractivity contribution in [3.63, 3.8) is 0 Å². The molecule has 0 heterocycles. The van der Waals surface area contributed by atoms with Crippen LogP contribution in [0.3, 0.4) is 0 Å². The van der Waals surface area contributed by atoms with Crippen molar-refractivity contribution in [2.75, 3.05) is 0 Å². The fourth-order valence-corrected chi connectivity index (χ4v) is 1.73. The molecule has 0 radical (unpaired) electrons. The quantitative estimate of drug-likeness (QED) is 0.371. The zero-order valence-corrected chi connectivity index (χ0v) is 11.7. The molecular formula is C14H18N2O5. The van der Waals surface area contributed by atoms with E-state index in [1.165, 1.54) is 0 Å². The minimum Gasteiger partial charge on any atom is -0.480 e.